The zero-order valence-electron chi connectivity index (χ0n) is 11.0. The van der Waals surface area contributed by atoms with Gasteiger partial charge in [-0.05, 0) is 49.9 Å². The minimum absolute atomic E-state index is 0.102. The second-order valence-corrected chi connectivity index (χ2v) is 5.05. The monoisotopic (exact) mass is 252 g/mol. The Bertz CT molecular complexity index is 604. The smallest absolute Gasteiger partial charge is 0.173 e. The van der Waals surface area contributed by atoms with Crippen molar-refractivity contribution in [3.05, 3.63) is 59.2 Å². The van der Waals surface area contributed by atoms with Crippen LogP contribution in [0.3, 0.4) is 0 Å². The highest BCUT2D eigenvalue weighted by Crippen LogP contribution is 2.32. The zero-order chi connectivity index (χ0) is 13.2. The Morgan fingerprint density at radius 3 is 2.95 bits per heavy atom. The van der Waals surface area contributed by atoms with Crippen LogP contribution in [0, 0.1) is 6.92 Å². The van der Waals surface area contributed by atoms with Gasteiger partial charge in [0.2, 0.25) is 0 Å². The van der Waals surface area contributed by atoms with Crippen molar-refractivity contribution in [2.45, 2.75) is 32.1 Å². The molecule has 0 aliphatic heterocycles. The summed E-state index contributed by atoms with van der Waals surface area (Å²) < 4.78 is 0. The minimum Gasteiger partial charge on any atom is -0.293 e. The lowest BCUT2D eigenvalue weighted by atomic mass is 9.82. The van der Waals surface area contributed by atoms with Gasteiger partial charge in [0, 0.05) is 23.7 Å². The SMILES string of the molecule is Cc1ccc(C(=O)C2CCCc3cccnc32)cn1. The molecule has 0 spiro atoms. The van der Waals surface area contributed by atoms with Gasteiger partial charge in [-0.25, -0.2) is 0 Å². The molecule has 1 atom stereocenters. The van der Waals surface area contributed by atoms with Crippen LogP contribution in [0.25, 0.3) is 0 Å². The number of hydrogen-bond donors (Lipinski definition) is 0. The number of ketones is 1. The average Bonchev–Trinajstić information content (AvgIpc) is 2.47. The molecular formula is C16H16N2O. The van der Waals surface area contributed by atoms with E-state index in [2.05, 4.69) is 16.0 Å². The molecule has 0 amide bonds. The summed E-state index contributed by atoms with van der Waals surface area (Å²) in [5.74, 6) is 0.0432. The Morgan fingerprint density at radius 2 is 2.16 bits per heavy atom. The molecule has 0 fully saturated rings. The third kappa shape index (κ3) is 2.28. The molecule has 1 aliphatic carbocycles. The normalized spacial score (nSPS) is 17.8. The number of aromatic nitrogens is 2. The van der Waals surface area contributed by atoms with Crippen LogP contribution in [-0.4, -0.2) is 15.8 Å². The van der Waals surface area contributed by atoms with Crippen molar-refractivity contribution in [1.82, 2.24) is 9.97 Å². The van der Waals surface area contributed by atoms with Gasteiger partial charge in [-0.3, -0.25) is 14.8 Å². The van der Waals surface area contributed by atoms with Crippen molar-refractivity contribution < 1.29 is 4.79 Å². The van der Waals surface area contributed by atoms with Crippen molar-refractivity contribution in [3.8, 4) is 0 Å². The van der Waals surface area contributed by atoms with Crippen molar-refractivity contribution in [3.63, 3.8) is 0 Å². The molecule has 1 unspecified atom stereocenters. The van der Waals surface area contributed by atoms with Crippen LogP contribution < -0.4 is 0 Å². The van der Waals surface area contributed by atoms with Gasteiger partial charge in [0.1, 0.15) is 0 Å². The topological polar surface area (TPSA) is 42.9 Å². The molecule has 1 aliphatic rings. The maximum atomic E-state index is 12.6. The summed E-state index contributed by atoms with van der Waals surface area (Å²) in [6.07, 6.45) is 6.41. The number of pyridine rings is 2. The maximum absolute atomic E-state index is 12.6. The number of carbonyl (C=O) groups excluding carboxylic acids is 1. The van der Waals surface area contributed by atoms with Gasteiger partial charge in [0.15, 0.2) is 5.78 Å². The number of nitrogens with zero attached hydrogens (tertiary/aromatic N) is 2. The summed E-state index contributed by atoms with van der Waals surface area (Å²) in [4.78, 5) is 21.2. The molecular weight excluding hydrogens is 236 g/mol. The van der Waals surface area contributed by atoms with Gasteiger partial charge in [-0.1, -0.05) is 6.07 Å². The van der Waals surface area contributed by atoms with Crippen molar-refractivity contribution in [1.29, 1.82) is 0 Å². The standard InChI is InChI=1S/C16H16N2O/c1-11-7-8-13(10-18-11)16(19)14-6-2-4-12-5-3-9-17-15(12)14/h3,5,7-10,14H,2,4,6H2,1H3. The van der Waals surface area contributed by atoms with Crippen molar-refractivity contribution in [2.24, 2.45) is 0 Å². The van der Waals surface area contributed by atoms with E-state index in [0.29, 0.717) is 5.56 Å². The Labute approximate surface area is 112 Å². The Morgan fingerprint density at radius 1 is 1.26 bits per heavy atom. The van der Waals surface area contributed by atoms with E-state index in [1.807, 2.05) is 25.1 Å². The van der Waals surface area contributed by atoms with Crippen LogP contribution in [0.15, 0.2) is 36.7 Å². The van der Waals surface area contributed by atoms with Crippen LogP contribution in [0.4, 0.5) is 0 Å². The summed E-state index contributed by atoms with van der Waals surface area (Å²) in [5.41, 5.74) is 3.79. The lowest BCUT2D eigenvalue weighted by molar-refractivity contribution is 0.0948. The fraction of sp³-hybridized carbons (Fsp3) is 0.312. The first-order valence-corrected chi connectivity index (χ1v) is 6.66. The Hall–Kier alpha value is -2.03. The predicted molar refractivity (Wildman–Crippen MR) is 73.2 cm³/mol. The number of aryl methyl sites for hydroxylation is 2. The molecule has 0 radical (unpaired) electrons. The van der Waals surface area contributed by atoms with E-state index >= 15 is 0 Å². The van der Waals surface area contributed by atoms with E-state index in [9.17, 15) is 4.79 Å². The van der Waals surface area contributed by atoms with Crippen LogP contribution in [0.2, 0.25) is 0 Å². The lowest BCUT2D eigenvalue weighted by Crippen LogP contribution is -2.20. The highest BCUT2D eigenvalue weighted by Gasteiger charge is 2.28. The Balaban J connectivity index is 1.95. The molecule has 3 heteroatoms. The van der Waals surface area contributed by atoms with E-state index in [0.717, 1.165) is 30.7 Å². The van der Waals surface area contributed by atoms with Crippen molar-refractivity contribution in [2.75, 3.05) is 0 Å². The molecule has 19 heavy (non-hydrogen) atoms. The zero-order valence-corrected chi connectivity index (χ0v) is 11.0. The van der Waals surface area contributed by atoms with Crippen LogP contribution in [-0.2, 0) is 6.42 Å². The molecule has 3 rings (SSSR count). The quantitative estimate of drug-likeness (QED) is 0.771. The Kier molecular flexibility index (Phi) is 3.11. The highest BCUT2D eigenvalue weighted by molar-refractivity contribution is 6.00. The third-order valence-corrected chi connectivity index (χ3v) is 3.71. The molecule has 0 N–H and O–H groups in total. The number of fused-ring (bicyclic) bond motifs is 1. The molecule has 0 bridgehead atoms. The predicted octanol–water partition coefficient (Wildman–Crippen LogP) is 3.09. The van der Waals surface area contributed by atoms with E-state index in [1.54, 1.807) is 12.4 Å². The molecule has 2 aromatic heterocycles. The van der Waals surface area contributed by atoms with Crippen molar-refractivity contribution >= 4 is 5.78 Å². The second kappa shape index (κ2) is 4.92. The molecule has 2 aromatic rings. The number of Topliss-reactive ketones (excluding diaryl/α,β-unsaturated/α-hetero) is 1. The second-order valence-electron chi connectivity index (χ2n) is 5.05. The van der Waals surface area contributed by atoms with Crippen LogP contribution >= 0.6 is 0 Å². The van der Waals surface area contributed by atoms with E-state index in [-0.39, 0.29) is 11.7 Å². The van der Waals surface area contributed by atoms with Gasteiger partial charge in [0.25, 0.3) is 0 Å². The first kappa shape index (κ1) is 12.0. The summed E-state index contributed by atoms with van der Waals surface area (Å²) in [7, 11) is 0. The summed E-state index contributed by atoms with van der Waals surface area (Å²) in [5, 5.41) is 0. The molecule has 96 valence electrons. The van der Waals surface area contributed by atoms with E-state index in [1.165, 1.54) is 5.56 Å². The number of rotatable bonds is 2. The first-order chi connectivity index (χ1) is 9.25. The fourth-order valence-corrected chi connectivity index (χ4v) is 2.68. The number of carbonyl (C=O) groups is 1. The lowest BCUT2D eigenvalue weighted by Gasteiger charge is -2.23. The van der Waals surface area contributed by atoms with Gasteiger partial charge in [-0.2, -0.15) is 0 Å². The molecule has 0 aromatic carbocycles. The summed E-state index contributed by atoms with van der Waals surface area (Å²) in [6.45, 7) is 1.92. The minimum atomic E-state index is -0.102. The highest BCUT2D eigenvalue weighted by atomic mass is 16.1. The number of hydrogen-bond acceptors (Lipinski definition) is 3. The molecule has 0 saturated carbocycles. The van der Waals surface area contributed by atoms with Gasteiger partial charge >= 0.3 is 0 Å². The molecule has 2 heterocycles. The largest absolute Gasteiger partial charge is 0.293 e. The van der Waals surface area contributed by atoms with E-state index in [4.69, 9.17) is 0 Å². The average molecular weight is 252 g/mol. The molecule has 0 saturated heterocycles. The summed E-state index contributed by atoms with van der Waals surface area (Å²) in [6, 6.07) is 7.77. The summed E-state index contributed by atoms with van der Waals surface area (Å²) >= 11 is 0. The van der Waals surface area contributed by atoms with Gasteiger partial charge < -0.3 is 0 Å². The van der Waals surface area contributed by atoms with Gasteiger partial charge in [0.05, 0.1) is 11.6 Å². The van der Waals surface area contributed by atoms with Gasteiger partial charge in [-0.15, -0.1) is 0 Å². The third-order valence-electron chi connectivity index (χ3n) is 3.71. The molecule has 3 nitrogen and oxygen atoms in total. The maximum Gasteiger partial charge on any atom is 0.173 e. The van der Waals surface area contributed by atoms with E-state index < -0.39 is 0 Å². The van der Waals surface area contributed by atoms with Crippen LogP contribution in [0.5, 0.6) is 0 Å². The van der Waals surface area contributed by atoms with Crippen LogP contribution in [0.1, 0.15) is 46.1 Å². The first-order valence-electron chi connectivity index (χ1n) is 6.66. The fourth-order valence-electron chi connectivity index (χ4n) is 2.68.